The fraction of sp³-hybridized carbons (Fsp3) is 0.600. The molecule has 1 N–H and O–H groups in total. The minimum Gasteiger partial charge on any atom is -0.356 e. The van der Waals surface area contributed by atoms with Crippen LogP contribution in [0.5, 0.6) is 0 Å². The van der Waals surface area contributed by atoms with Gasteiger partial charge >= 0.3 is 0 Å². The zero-order valence-electron chi connectivity index (χ0n) is 9.47. The maximum atomic E-state index is 4.45. The number of hydrogen-bond donors (Lipinski definition) is 1. The van der Waals surface area contributed by atoms with Crippen LogP contribution in [0.2, 0.25) is 0 Å². The predicted molar refractivity (Wildman–Crippen MR) is 65.3 cm³/mol. The Kier molecular flexibility index (Phi) is 2.33. The second kappa shape index (κ2) is 3.71. The van der Waals surface area contributed by atoms with Crippen LogP contribution in [0.1, 0.15) is 18.0 Å². The van der Waals surface area contributed by atoms with Crippen LogP contribution in [0.15, 0.2) is 5.38 Å². The zero-order valence-corrected chi connectivity index (χ0v) is 10.3. The van der Waals surface area contributed by atoms with E-state index < -0.39 is 0 Å². The molecule has 1 aliphatic heterocycles. The Morgan fingerprint density at radius 1 is 1.56 bits per heavy atom. The van der Waals surface area contributed by atoms with E-state index in [1.165, 1.54) is 18.7 Å². The van der Waals surface area contributed by atoms with E-state index in [0.29, 0.717) is 11.9 Å². The SMILES string of the molecule is CNc1nc2scc(C3CCN(C)C3)n2n1. The normalized spacial score (nSPS) is 22.0. The van der Waals surface area contributed by atoms with Crippen LogP contribution in [0.3, 0.4) is 0 Å². The molecule has 0 spiro atoms. The van der Waals surface area contributed by atoms with E-state index in [4.69, 9.17) is 0 Å². The summed E-state index contributed by atoms with van der Waals surface area (Å²) in [5, 5.41) is 9.62. The number of aromatic nitrogens is 3. The highest BCUT2D eigenvalue weighted by atomic mass is 32.1. The van der Waals surface area contributed by atoms with Gasteiger partial charge in [0.25, 0.3) is 0 Å². The van der Waals surface area contributed by atoms with Crippen LogP contribution < -0.4 is 5.32 Å². The molecule has 0 aliphatic carbocycles. The third-order valence-electron chi connectivity index (χ3n) is 3.14. The lowest BCUT2D eigenvalue weighted by Gasteiger charge is -2.08. The molecule has 1 atom stereocenters. The second-order valence-electron chi connectivity index (χ2n) is 4.29. The van der Waals surface area contributed by atoms with Gasteiger partial charge in [-0.2, -0.15) is 4.98 Å². The van der Waals surface area contributed by atoms with E-state index in [2.05, 4.69) is 32.7 Å². The Morgan fingerprint density at radius 2 is 2.44 bits per heavy atom. The Morgan fingerprint density at radius 3 is 3.12 bits per heavy atom. The second-order valence-corrected chi connectivity index (χ2v) is 5.12. The van der Waals surface area contributed by atoms with E-state index in [9.17, 15) is 0 Å². The molecule has 2 aromatic rings. The summed E-state index contributed by atoms with van der Waals surface area (Å²) < 4.78 is 1.99. The van der Waals surface area contributed by atoms with Gasteiger partial charge in [-0.1, -0.05) is 0 Å². The molecule has 0 bridgehead atoms. The van der Waals surface area contributed by atoms with Crippen molar-refractivity contribution in [3.63, 3.8) is 0 Å². The minimum absolute atomic E-state index is 0.602. The molecule has 5 nitrogen and oxygen atoms in total. The van der Waals surface area contributed by atoms with Crippen molar-refractivity contribution in [3.05, 3.63) is 11.1 Å². The van der Waals surface area contributed by atoms with Gasteiger partial charge in [-0.05, 0) is 20.0 Å². The molecule has 0 radical (unpaired) electrons. The predicted octanol–water partition coefficient (Wildman–Crippen LogP) is 1.25. The van der Waals surface area contributed by atoms with E-state index in [0.717, 1.165) is 11.5 Å². The van der Waals surface area contributed by atoms with Crippen molar-refractivity contribution < 1.29 is 0 Å². The van der Waals surface area contributed by atoms with Gasteiger partial charge in [-0.15, -0.1) is 16.4 Å². The van der Waals surface area contributed by atoms with Crippen molar-refractivity contribution in [2.24, 2.45) is 0 Å². The number of rotatable bonds is 2. The summed E-state index contributed by atoms with van der Waals surface area (Å²) in [7, 11) is 4.02. The first-order chi connectivity index (χ1) is 7.78. The summed E-state index contributed by atoms with van der Waals surface area (Å²) in [6, 6.07) is 0. The van der Waals surface area contributed by atoms with E-state index in [1.54, 1.807) is 11.3 Å². The van der Waals surface area contributed by atoms with Gasteiger partial charge in [-0.25, -0.2) is 4.52 Å². The van der Waals surface area contributed by atoms with Crippen LogP contribution in [0.4, 0.5) is 5.95 Å². The van der Waals surface area contributed by atoms with Crippen molar-refractivity contribution in [1.29, 1.82) is 0 Å². The highest BCUT2D eigenvalue weighted by molar-refractivity contribution is 7.15. The Bertz CT molecular complexity index is 502. The van der Waals surface area contributed by atoms with Gasteiger partial charge in [0.2, 0.25) is 10.9 Å². The van der Waals surface area contributed by atoms with Gasteiger partial charge in [0, 0.05) is 24.9 Å². The summed E-state index contributed by atoms with van der Waals surface area (Å²) in [6.45, 7) is 2.30. The average molecular weight is 237 g/mol. The maximum absolute atomic E-state index is 4.45. The lowest BCUT2D eigenvalue weighted by molar-refractivity contribution is 0.410. The van der Waals surface area contributed by atoms with Crippen molar-refractivity contribution in [3.8, 4) is 0 Å². The van der Waals surface area contributed by atoms with Gasteiger partial charge in [0.05, 0.1) is 5.69 Å². The number of fused-ring (bicyclic) bond motifs is 1. The molecule has 1 unspecified atom stereocenters. The fourth-order valence-corrected chi connectivity index (χ4v) is 3.16. The first kappa shape index (κ1) is 10.0. The number of hydrogen-bond acceptors (Lipinski definition) is 5. The monoisotopic (exact) mass is 237 g/mol. The van der Waals surface area contributed by atoms with Crippen molar-refractivity contribution >= 4 is 22.2 Å². The molecule has 3 rings (SSSR count). The maximum Gasteiger partial charge on any atom is 0.243 e. The van der Waals surface area contributed by atoms with Gasteiger partial charge in [0.15, 0.2) is 0 Å². The smallest absolute Gasteiger partial charge is 0.243 e. The van der Waals surface area contributed by atoms with Gasteiger partial charge in [-0.3, -0.25) is 0 Å². The van der Waals surface area contributed by atoms with Gasteiger partial charge in [0.1, 0.15) is 0 Å². The number of likely N-dealkylation sites (N-methyl/N-ethyl adjacent to an activating group) is 1. The largest absolute Gasteiger partial charge is 0.356 e. The first-order valence-corrected chi connectivity index (χ1v) is 6.36. The molecule has 86 valence electrons. The van der Waals surface area contributed by atoms with Crippen LogP contribution in [-0.4, -0.2) is 46.7 Å². The van der Waals surface area contributed by atoms with Gasteiger partial charge < -0.3 is 10.2 Å². The number of anilines is 1. The number of thiazole rings is 1. The van der Waals surface area contributed by atoms with Crippen LogP contribution in [0.25, 0.3) is 4.96 Å². The molecule has 3 heterocycles. The molecule has 2 aromatic heterocycles. The molecule has 1 saturated heterocycles. The molecule has 0 amide bonds. The number of likely N-dealkylation sites (tertiary alicyclic amines) is 1. The first-order valence-electron chi connectivity index (χ1n) is 5.48. The highest BCUT2D eigenvalue weighted by Gasteiger charge is 2.25. The standard InChI is InChI=1S/C10H15N5S/c1-11-9-12-10-15(13-9)8(6-16-10)7-3-4-14(2)5-7/h6-7H,3-5H2,1-2H3,(H,11,13). The Labute approximate surface area is 98.1 Å². The van der Waals surface area contributed by atoms with Crippen LogP contribution >= 0.6 is 11.3 Å². The zero-order chi connectivity index (χ0) is 11.1. The lowest BCUT2D eigenvalue weighted by atomic mass is 10.1. The molecule has 6 heteroatoms. The van der Waals surface area contributed by atoms with Crippen molar-refractivity contribution in [1.82, 2.24) is 19.5 Å². The third kappa shape index (κ3) is 1.49. The highest BCUT2D eigenvalue weighted by Crippen LogP contribution is 2.29. The molecular weight excluding hydrogens is 222 g/mol. The molecule has 1 fully saturated rings. The number of nitrogens with zero attached hydrogens (tertiary/aromatic N) is 4. The number of nitrogens with one attached hydrogen (secondary N) is 1. The van der Waals surface area contributed by atoms with E-state index >= 15 is 0 Å². The third-order valence-corrected chi connectivity index (χ3v) is 3.97. The molecule has 0 aromatic carbocycles. The van der Waals surface area contributed by atoms with E-state index in [-0.39, 0.29) is 0 Å². The van der Waals surface area contributed by atoms with Crippen LogP contribution in [0, 0.1) is 0 Å². The Balaban J connectivity index is 1.99. The molecule has 0 saturated carbocycles. The summed E-state index contributed by atoms with van der Waals surface area (Å²) in [6.07, 6.45) is 1.22. The quantitative estimate of drug-likeness (QED) is 0.854. The van der Waals surface area contributed by atoms with E-state index in [1.807, 2.05) is 11.6 Å². The lowest BCUT2D eigenvalue weighted by Crippen LogP contribution is -2.14. The summed E-state index contributed by atoms with van der Waals surface area (Å²) in [4.78, 5) is 7.73. The van der Waals surface area contributed by atoms with Crippen LogP contribution in [-0.2, 0) is 0 Å². The molecule has 16 heavy (non-hydrogen) atoms. The minimum atomic E-state index is 0.602. The fourth-order valence-electron chi connectivity index (χ4n) is 2.26. The summed E-state index contributed by atoms with van der Waals surface area (Å²) >= 11 is 1.67. The topological polar surface area (TPSA) is 45.5 Å². The van der Waals surface area contributed by atoms with Crippen molar-refractivity contribution in [2.45, 2.75) is 12.3 Å². The average Bonchev–Trinajstić information content (AvgIpc) is 2.91. The summed E-state index contributed by atoms with van der Waals surface area (Å²) in [5.74, 6) is 1.31. The molecular formula is C10H15N5S. The Hall–Kier alpha value is -1.14. The summed E-state index contributed by atoms with van der Waals surface area (Å²) in [5.41, 5.74) is 1.30. The van der Waals surface area contributed by atoms with Crippen molar-refractivity contribution in [2.75, 3.05) is 32.5 Å². The molecule has 1 aliphatic rings.